The number of quaternary nitrogens is 1. The summed E-state index contributed by atoms with van der Waals surface area (Å²) in [5.41, 5.74) is 0. The molecule has 1 saturated heterocycles. The molecule has 0 saturated carbocycles. The Kier molecular flexibility index (Phi) is 3.27. The Balaban J connectivity index is 2.61. The molecule has 1 fully saturated rings. The van der Waals surface area contributed by atoms with E-state index in [1.807, 2.05) is 0 Å². The van der Waals surface area contributed by atoms with Gasteiger partial charge in [-0.05, 0) is 26.2 Å². The van der Waals surface area contributed by atoms with Crippen molar-refractivity contribution in [2.75, 3.05) is 20.2 Å². The van der Waals surface area contributed by atoms with E-state index >= 15 is 0 Å². The maximum atomic E-state index is 12.1. The molecule has 1 rings (SSSR count). The fourth-order valence-corrected chi connectivity index (χ4v) is 1.80. The van der Waals surface area contributed by atoms with E-state index in [-0.39, 0.29) is 0 Å². The Hall–Kier alpha value is -0.610. The molecule has 0 N–H and O–H groups in total. The third-order valence-corrected chi connectivity index (χ3v) is 2.82. The van der Waals surface area contributed by atoms with Crippen molar-refractivity contribution in [3.05, 3.63) is 5.21 Å². The second kappa shape index (κ2) is 4.07. The average molecular weight is 187 g/mol. The average Bonchev–Trinajstić information content (AvgIpc) is 2.16. The van der Waals surface area contributed by atoms with Crippen LogP contribution >= 0.6 is 0 Å². The van der Waals surface area contributed by atoms with Crippen molar-refractivity contribution in [2.24, 2.45) is 0 Å². The third kappa shape index (κ3) is 2.19. The SMILES string of the molecule is COC(=O)C(C)[N+]1([O-])CCCCC1. The zero-order valence-corrected chi connectivity index (χ0v) is 8.28. The summed E-state index contributed by atoms with van der Waals surface area (Å²) in [6.45, 7) is 2.76. The minimum absolute atomic E-state index is 0.392. The molecule has 0 aromatic heterocycles. The monoisotopic (exact) mass is 187 g/mol. The van der Waals surface area contributed by atoms with Gasteiger partial charge in [-0.1, -0.05) is 0 Å². The molecule has 1 atom stereocenters. The van der Waals surface area contributed by atoms with E-state index in [0.29, 0.717) is 13.1 Å². The highest BCUT2D eigenvalue weighted by atomic mass is 16.6. The van der Waals surface area contributed by atoms with Crippen LogP contribution in [0.25, 0.3) is 0 Å². The first-order chi connectivity index (χ1) is 6.10. The molecule has 4 nitrogen and oxygen atoms in total. The van der Waals surface area contributed by atoms with Crippen LogP contribution < -0.4 is 0 Å². The summed E-state index contributed by atoms with van der Waals surface area (Å²) in [6.07, 6.45) is 2.95. The molecule has 0 amide bonds. The lowest BCUT2D eigenvalue weighted by Crippen LogP contribution is -2.55. The van der Waals surface area contributed by atoms with Gasteiger partial charge in [-0.3, -0.25) is 0 Å². The van der Waals surface area contributed by atoms with Crippen LogP contribution in [-0.2, 0) is 9.53 Å². The summed E-state index contributed by atoms with van der Waals surface area (Å²) in [6, 6.07) is -0.565. The summed E-state index contributed by atoms with van der Waals surface area (Å²) < 4.78 is 4.18. The van der Waals surface area contributed by atoms with Crippen LogP contribution in [0.5, 0.6) is 0 Å². The summed E-state index contributed by atoms with van der Waals surface area (Å²) in [5, 5.41) is 12.1. The van der Waals surface area contributed by atoms with Gasteiger partial charge in [0.15, 0.2) is 6.04 Å². The summed E-state index contributed by atoms with van der Waals surface area (Å²) >= 11 is 0. The van der Waals surface area contributed by atoms with E-state index in [1.165, 1.54) is 7.11 Å². The van der Waals surface area contributed by atoms with Crippen molar-refractivity contribution in [2.45, 2.75) is 32.2 Å². The van der Waals surface area contributed by atoms with Crippen LogP contribution in [0.1, 0.15) is 26.2 Å². The summed E-state index contributed by atoms with van der Waals surface area (Å²) in [5.74, 6) is -0.392. The Morgan fingerprint density at radius 3 is 2.38 bits per heavy atom. The van der Waals surface area contributed by atoms with Crippen molar-refractivity contribution in [3.8, 4) is 0 Å². The minimum atomic E-state index is -0.565. The van der Waals surface area contributed by atoms with Crippen molar-refractivity contribution in [3.63, 3.8) is 0 Å². The number of hydrogen-bond donors (Lipinski definition) is 0. The maximum Gasteiger partial charge on any atom is 0.364 e. The molecular formula is C9H17NO3. The normalized spacial score (nSPS) is 23.6. The van der Waals surface area contributed by atoms with Crippen LogP contribution in [-0.4, -0.2) is 36.9 Å². The van der Waals surface area contributed by atoms with Crippen molar-refractivity contribution < 1.29 is 14.2 Å². The molecule has 0 aliphatic carbocycles. The second-order valence-electron chi connectivity index (χ2n) is 3.66. The van der Waals surface area contributed by atoms with E-state index in [0.717, 1.165) is 19.3 Å². The van der Waals surface area contributed by atoms with E-state index in [9.17, 15) is 10.0 Å². The lowest BCUT2D eigenvalue weighted by molar-refractivity contribution is -0.899. The zero-order valence-electron chi connectivity index (χ0n) is 8.28. The molecule has 1 heterocycles. The van der Waals surface area contributed by atoms with Gasteiger partial charge in [-0.15, -0.1) is 0 Å². The number of methoxy groups -OCH3 is 1. The van der Waals surface area contributed by atoms with Gasteiger partial charge >= 0.3 is 5.97 Å². The van der Waals surface area contributed by atoms with Gasteiger partial charge < -0.3 is 14.6 Å². The molecule has 0 aromatic rings. The first-order valence-electron chi connectivity index (χ1n) is 4.76. The topological polar surface area (TPSA) is 49.4 Å². The van der Waals surface area contributed by atoms with Gasteiger partial charge in [-0.2, -0.15) is 0 Å². The molecule has 1 aliphatic rings. The largest absolute Gasteiger partial charge is 0.632 e. The smallest absolute Gasteiger partial charge is 0.364 e. The predicted molar refractivity (Wildman–Crippen MR) is 48.7 cm³/mol. The fourth-order valence-electron chi connectivity index (χ4n) is 1.80. The molecule has 0 aromatic carbocycles. The number of ether oxygens (including phenoxy) is 1. The van der Waals surface area contributed by atoms with Crippen molar-refractivity contribution in [1.29, 1.82) is 0 Å². The highest BCUT2D eigenvalue weighted by Gasteiger charge is 2.33. The highest BCUT2D eigenvalue weighted by Crippen LogP contribution is 2.21. The van der Waals surface area contributed by atoms with Crippen molar-refractivity contribution >= 4 is 5.97 Å². The van der Waals surface area contributed by atoms with E-state index < -0.39 is 16.7 Å². The van der Waals surface area contributed by atoms with Crippen LogP contribution in [0.4, 0.5) is 0 Å². The Bertz CT molecular complexity index is 187. The van der Waals surface area contributed by atoms with E-state index in [4.69, 9.17) is 0 Å². The number of esters is 1. The lowest BCUT2D eigenvalue weighted by atomic mass is 10.1. The molecule has 76 valence electrons. The quantitative estimate of drug-likeness (QED) is 0.369. The van der Waals surface area contributed by atoms with E-state index in [2.05, 4.69) is 4.74 Å². The van der Waals surface area contributed by atoms with Crippen LogP contribution in [0.2, 0.25) is 0 Å². The Labute approximate surface area is 78.6 Å². The molecule has 4 heteroatoms. The number of piperidine rings is 1. The number of likely N-dealkylation sites (tertiary alicyclic amines) is 1. The first kappa shape index (κ1) is 10.5. The molecule has 0 radical (unpaired) electrons. The summed E-state index contributed by atoms with van der Waals surface area (Å²) in [7, 11) is 1.33. The number of hydrogen-bond acceptors (Lipinski definition) is 3. The van der Waals surface area contributed by atoms with Gasteiger partial charge in [0.05, 0.1) is 20.2 Å². The first-order valence-corrected chi connectivity index (χ1v) is 4.76. The number of hydroxylamine groups is 3. The number of carbonyl (C=O) groups excluding carboxylic acids is 1. The highest BCUT2D eigenvalue weighted by molar-refractivity contribution is 5.73. The molecule has 0 bridgehead atoms. The maximum absolute atomic E-state index is 12.1. The minimum Gasteiger partial charge on any atom is -0.632 e. The molecule has 0 spiro atoms. The molecule has 13 heavy (non-hydrogen) atoms. The number of nitrogens with zero attached hydrogens (tertiary/aromatic N) is 1. The number of carbonyl (C=O) groups is 1. The number of rotatable bonds is 2. The van der Waals surface area contributed by atoms with Crippen LogP contribution in [0, 0.1) is 5.21 Å². The van der Waals surface area contributed by atoms with Gasteiger partial charge in [0, 0.05) is 0 Å². The Morgan fingerprint density at radius 1 is 1.38 bits per heavy atom. The second-order valence-corrected chi connectivity index (χ2v) is 3.66. The molecule has 1 aliphatic heterocycles. The lowest BCUT2D eigenvalue weighted by Gasteiger charge is -2.48. The van der Waals surface area contributed by atoms with E-state index in [1.54, 1.807) is 6.92 Å². The van der Waals surface area contributed by atoms with Crippen LogP contribution in [0.15, 0.2) is 0 Å². The predicted octanol–water partition coefficient (Wildman–Crippen LogP) is 1.05. The fraction of sp³-hybridized carbons (Fsp3) is 0.889. The van der Waals surface area contributed by atoms with Gasteiger partial charge in [0.1, 0.15) is 0 Å². The van der Waals surface area contributed by atoms with Gasteiger partial charge in [0.2, 0.25) is 0 Å². The van der Waals surface area contributed by atoms with Crippen molar-refractivity contribution in [1.82, 2.24) is 0 Å². The standard InChI is InChI=1S/C9H17NO3/c1-8(9(11)13-2)10(12)6-4-3-5-7-10/h8H,3-7H2,1-2H3. The Morgan fingerprint density at radius 2 is 1.92 bits per heavy atom. The summed E-state index contributed by atoms with van der Waals surface area (Å²) in [4.78, 5) is 11.2. The molecule has 1 unspecified atom stereocenters. The third-order valence-electron chi connectivity index (χ3n) is 2.82. The molecular weight excluding hydrogens is 170 g/mol. The van der Waals surface area contributed by atoms with Gasteiger partial charge in [-0.25, -0.2) is 4.79 Å². The van der Waals surface area contributed by atoms with Crippen LogP contribution in [0.3, 0.4) is 0 Å². The zero-order chi connectivity index (χ0) is 9.90. The van der Waals surface area contributed by atoms with Gasteiger partial charge in [0.25, 0.3) is 0 Å².